The van der Waals surface area contributed by atoms with Crippen LogP contribution in [0.15, 0.2) is 59.0 Å². The van der Waals surface area contributed by atoms with E-state index in [0.717, 1.165) is 36.9 Å². The Balaban J connectivity index is 1.14. The molecule has 1 aliphatic carbocycles. The Kier molecular flexibility index (Phi) is 9.46. The summed E-state index contributed by atoms with van der Waals surface area (Å²) in [6.45, 7) is 28.0. The molecule has 0 aromatic rings. The van der Waals surface area contributed by atoms with Crippen molar-refractivity contribution in [3.8, 4) is 0 Å². The van der Waals surface area contributed by atoms with Gasteiger partial charge in [0.2, 0.25) is 0 Å². The van der Waals surface area contributed by atoms with E-state index in [1.54, 1.807) is 0 Å². The fourth-order valence-electron chi connectivity index (χ4n) is 5.94. The first-order valence-electron chi connectivity index (χ1n) is 14.1. The Labute approximate surface area is 214 Å². The Morgan fingerprint density at radius 1 is 0.914 bits per heavy atom. The number of hydrogen-bond acceptors (Lipinski definition) is 5. The fraction of sp³-hybridized carbons (Fsp3) is 0.667. The van der Waals surface area contributed by atoms with Crippen molar-refractivity contribution in [2.45, 2.75) is 40.5 Å². The predicted octanol–water partition coefficient (Wildman–Crippen LogP) is 4.11. The lowest BCUT2D eigenvalue weighted by Crippen LogP contribution is -2.49. The van der Waals surface area contributed by atoms with Crippen LogP contribution < -0.4 is 5.32 Å². The maximum Gasteiger partial charge on any atom is 0.0388 e. The second-order valence-electron chi connectivity index (χ2n) is 11.8. The predicted molar refractivity (Wildman–Crippen MR) is 149 cm³/mol. The van der Waals surface area contributed by atoms with Gasteiger partial charge < -0.3 is 15.1 Å². The van der Waals surface area contributed by atoms with E-state index in [2.05, 4.69) is 83.5 Å². The average molecular weight is 480 g/mol. The number of allylic oxidation sites excluding steroid dienone is 6. The summed E-state index contributed by atoms with van der Waals surface area (Å²) in [5, 5.41) is 3.67. The van der Waals surface area contributed by atoms with Crippen molar-refractivity contribution < 1.29 is 0 Å². The number of fused-ring (bicyclic) bond motifs is 2. The zero-order valence-electron chi connectivity index (χ0n) is 22.9. The molecule has 1 saturated heterocycles. The summed E-state index contributed by atoms with van der Waals surface area (Å²) in [6, 6.07) is 0. The van der Waals surface area contributed by atoms with E-state index in [9.17, 15) is 0 Å². The maximum absolute atomic E-state index is 4.28. The minimum Gasteiger partial charge on any atom is -0.358 e. The highest BCUT2D eigenvalue weighted by Crippen LogP contribution is 2.33. The van der Waals surface area contributed by atoms with Gasteiger partial charge in [0.25, 0.3) is 0 Å². The van der Waals surface area contributed by atoms with Crippen LogP contribution in [0.3, 0.4) is 0 Å². The SMILES string of the molecule is C=C1C=CC=C2C=C1C1=C(CN(CCCN3CCN(CCN(CC(C)C)CC(C)C)CC3)CC1)N2. The van der Waals surface area contributed by atoms with Crippen LogP contribution in [-0.2, 0) is 0 Å². The highest BCUT2D eigenvalue weighted by Gasteiger charge is 2.26. The van der Waals surface area contributed by atoms with Gasteiger partial charge >= 0.3 is 0 Å². The zero-order chi connectivity index (χ0) is 24.8. The third kappa shape index (κ3) is 7.66. The molecule has 0 saturated carbocycles. The quantitative estimate of drug-likeness (QED) is 0.481. The molecule has 4 aliphatic rings. The summed E-state index contributed by atoms with van der Waals surface area (Å²) in [7, 11) is 0. The van der Waals surface area contributed by atoms with Gasteiger partial charge in [-0.1, -0.05) is 46.4 Å². The van der Waals surface area contributed by atoms with Crippen molar-refractivity contribution in [3.05, 3.63) is 59.0 Å². The second-order valence-corrected chi connectivity index (χ2v) is 11.8. The largest absolute Gasteiger partial charge is 0.358 e. The summed E-state index contributed by atoms with van der Waals surface area (Å²) in [6.07, 6.45) is 11.1. The Bertz CT molecular complexity index is 844. The van der Waals surface area contributed by atoms with Gasteiger partial charge in [-0.2, -0.15) is 0 Å². The monoisotopic (exact) mass is 479 g/mol. The second kappa shape index (κ2) is 12.5. The highest BCUT2D eigenvalue weighted by atomic mass is 15.3. The van der Waals surface area contributed by atoms with Crippen LogP contribution in [0.25, 0.3) is 0 Å². The van der Waals surface area contributed by atoms with E-state index in [4.69, 9.17) is 0 Å². The summed E-state index contributed by atoms with van der Waals surface area (Å²) in [5.41, 5.74) is 6.55. The first-order chi connectivity index (χ1) is 16.9. The standard InChI is InChI=1S/C30H49N5/c1-24(2)21-35(22-25(3)4)19-18-33-16-14-32(15-17-33)11-7-12-34-13-10-28-29-20-27(31-30(28)23-34)9-6-8-26(29)5/h6,8-9,20,24-25,31H,5,7,10-19,21-23H2,1-4H3. The normalized spacial score (nSPS) is 22.0. The first kappa shape index (κ1) is 26.4. The number of rotatable bonds is 11. The van der Waals surface area contributed by atoms with E-state index >= 15 is 0 Å². The van der Waals surface area contributed by atoms with E-state index < -0.39 is 0 Å². The lowest BCUT2D eigenvalue weighted by atomic mass is 9.89. The Morgan fingerprint density at radius 3 is 2.26 bits per heavy atom. The summed E-state index contributed by atoms with van der Waals surface area (Å²) >= 11 is 0. The topological polar surface area (TPSA) is 25.0 Å². The third-order valence-electron chi connectivity index (χ3n) is 7.66. The van der Waals surface area contributed by atoms with Gasteiger partial charge in [0, 0.05) is 76.8 Å². The molecule has 5 nitrogen and oxygen atoms in total. The van der Waals surface area contributed by atoms with Gasteiger partial charge in [0.05, 0.1) is 0 Å². The molecular weight excluding hydrogens is 430 g/mol. The molecule has 4 rings (SSSR count). The van der Waals surface area contributed by atoms with E-state index in [1.807, 2.05) is 0 Å². The van der Waals surface area contributed by atoms with Crippen LogP contribution >= 0.6 is 0 Å². The van der Waals surface area contributed by atoms with Crippen molar-refractivity contribution >= 4 is 0 Å². The highest BCUT2D eigenvalue weighted by molar-refractivity contribution is 5.60. The van der Waals surface area contributed by atoms with Crippen molar-refractivity contribution in [1.82, 2.24) is 24.9 Å². The maximum atomic E-state index is 4.28. The van der Waals surface area contributed by atoms with Crippen LogP contribution in [0.1, 0.15) is 40.5 Å². The van der Waals surface area contributed by atoms with Crippen LogP contribution in [0.2, 0.25) is 0 Å². The van der Waals surface area contributed by atoms with E-state index in [0.29, 0.717) is 0 Å². The molecule has 0 spiro atoms. The van der Waals surface area contributed by atoms with Gasteiger partial charge in [0.1, 0.15) is 0 Å². The summed E-state index contributed by atoms with van der Waals surface area (Å²) in [5.74, 6) is 1.49. The van der Waals surface area contributed by atoms with E-state index in [1.165, 1.54) is 94.4 Å². The van der Waals surface area contributed by atoms with Crippen molar-refractivity contribution in [2.24, 2.45) is 11.8 Å². The Hall–Kier alpha value is -1.66. The molecule has 0 unspecified atom stereocenters. The molecule has 1 N–H and O–H groups in total. The molecule has 0 radical (unpaired) electrons. The van der Waals surface area contributed by atoms with Crippen molar-refractivity contribution in [2.75, 3.05) is 78.5 Å². The lowest BCUT2D eigenvalue weighted by molar-refractivity contribution is 0.109. The molecule has 3 heterocycles. The Morgan fingerprint density at radius 2 is 1.57 bits per heavy atom. The van der Waals surface area contributed by atoms with Crippen LogP contribution in [0.5, 0.6) is 0 Å². The van der Waals surface area contributed by atoms with Crippen molar-refractivity contribution in [1.29, 1.82) is 0 Å². The molecule has 194 valence electrons. The summed E-state index contributed by atoms with van der Waals surface area (Å²) < 4.78 is 0. The molecular formula is C30H49N5. The number of nitrogens with one attached hydrogen (secondary N) is 1. The average Bonchev–Trinajstić information content (AvgIpc) is 2.96. The molecule has 2 bridgehead atoms. The smallest absolute Gasteiger partial charge is 0.0388 e. The molecule has 1 fully saturated rings. The van der Waals surface area contributed by atoms with Crippen LogP contribution in [-0.4, -0.2) is 98.1 Å². The van der Waals surface area contributed by atoms with Crippen molar-refractivity contribution in [3.63, 3.8) is 0 Å². The summed E-state index contributed by atoms with van der Waals surface area (Å²) in [4.78, 5) is 10.7. The third-order valence-corrected chi connectivity index (χ3v) is 7.66. The molecule has 0 amide bonds. The molecule has 0 atom stereocenters. The van der Waals surface area contributed by atoms with Gasteiger partial charge in [-0.3, -0.25) is 9.80 Å². The van der Waals surface area contributed by atoms with Gasteiger partial charge in [-0.05, 0) is 66.6 Å². The zero-order valence-corrected chi connectivity index (χ0v) is 22.9. The number of nitrogens with zero attached hydrogens (tertiary/aromatic N) is 4. The van der Waals surface area contributed by atoms with Crippen LogP contribution in [0.4, 0.5) is 0 Å². The van der Waals surface area contributed by atoms with Gasteiger partial charge in [-0.15, -0.1) is 0 Å². The lowest BCUT2D eigenvalue weighted by Gasteiger charge is -2.37. The molecule has 0 aromatic heterocycles. The molecule has 0 aromatic carbocycles. The van der Waals surface area contributed by atoms with Gasteiger partial charge in [0.15, 0.2) is 0 Å². The number of piperazine rings is 1. The van der Waals surface area contributed by atoms with Gasteiger partial charge in [-0.25, -0.2) is 0 Å². The fourth-order valence-corrected chi connectivity index (χ4v) is 5.94. The number of dihydropyridines is 1. The van der Waals surface area contributed by atoms with E-state index in [-0.39, 0.29) is 0 Å². The number of hydrogen-bond donors (Lipinski definition) is 1. The minimum absolute atomic E-state index is 0.747. The molecule has 5 heteroatoms. The van der Waals surface area contributed by atoms with Crippen LogP contribution in [0, 0.1) is 11.8 Å². The molecule has 35 heavy (non-hydrogen) atoms. The molecule has 3 aliphatic heterocycles. The minimum atomic E-state index is 0.747. The first-order valence-corrected chi connectivity index (χ1v) is 14.1.